The molecule has 0 radical (unpaired) electrons. The average molecular weight is 277 g/mol. The largest absolute Gasteiger partial charge is 0.480 e. The summed E-state index contributed by atoms with van der Waals surface area (Å²) in [6.45, 7) is 9.70. The van der Waals surface area contributed by atoms with Crippen LogP contribution in [0.2, 0.25) is 0 Å². The number of hydrogen-bond donors (Lipinski definition) is 1. The Kier molecular flexibility index (Phi) is 7.13. The molecule has 0 aliphatic heterocycles. The molecule has 0 saturated carbocycles. The molecular weight excluding hydrogens is 254 g/mol. The summed E-state index contributed by atoms with van der Waals surface area (Å²) in [5.41, 5.74) is 0. The quantitative estimate of drug-likeness (QED) is 0.756. The standard InChI is InChI=1S/C12H23NO4S/c1-6-13(7-2)11(14)9(5)18(17)10(8(3)4)12(15)16/h8-10H,6-7H2,1-5H3,(H,15,16). The number of nitrogens with zero attached hydrogens (tertiary/aromatic N) is 1. The first-order chi connectivity index (χ1) is 8.27. The van der Waals surface area contributed by atoms with Gasteiger partial charge in [-0.05, 0) is 26.7 Å². The first kappa shape index (κ1) is 17.1. The number of carbonyl (C=O) groups excluding carboxylic acids is 1. The zero-order chi connectivity index (χ0) is 14.5. The smallest absolute Gasteiger partial charge is 0.319 e. The lowest BCUT2D eigenvalue weighted by molar-refractivity contribution is -0.137. The highest BCUT2D eigenvalue weighted by Crippen LogP contribution is 2.15. The van der Waals surface area contributed by atoms with E-state index in [1.54, 1.807) is 18.7 Å². The van der Waals surface area contributed by atoms with E-state index in [1.807, 2.05) is 13.8 Å². The van der Waals surface area contributed by atoms with Crippen molar-refractivity contribution in [3.63, 3.8) is 0 Å². The van der Waals surface area contributed by atoms with Gasteiger partial charge in [-0.1, -0.05) is 13.8 Å². The van der Waals surface area contributed by atoms with Crippen molar-refractivity contribution in [2.45, 2.75) is 45.1 Å². The molecule has 0 saturated heterocycles. The van der Waals surface area contributed by atoms with E-state index in [4.69, 9.17) is 5.11 Å². The maximum Gasteiger partial charge on any atom is 0.319 e. The van der Waals surface area contributed by atoms with Crippen LogP contribution in [0.1, 0.15) is 34.6 Å². The predicted octanol–water partition coefficient (Wildman–Crippen LogP) is 1.10. The molecule has 0 aromatic carbocycles. The van der Waals surface area contributed by atoms with Crippen molar-refractivity contribution in [1.29, 1.82) is 0 Å². The maximum atomic E-state index is 12.2. The lowest BCUT2D eigenvalue weighted by Crippen LogP contribution is -2.44. The number of amides is 1. The fourth-order valence-electron chi connectivity index (χ4n) is 1.76. The van der Waals surface area contributed by atoms with Gasteiger partial charge in [0.05, 0.1) is 0 Å². The molecule has 1 amide bonds. The minimum absolute atomic E-state index is 0.245. The monoisotopic (exact) mass is 277 g/mol. The van der Waals surface area contributed by atoms with Crippen molar-refractivity contribution in [1.82, 2.24) is 4.90 Å². The molecule has 0 aliphatic carbocycles. The third-order valence-corrected chi connectivity index (χ3v) is 5.02. The Labute approximate surface area is 111 Å². The minimum Gasteiger partial charge on any atom is -0.480 e. The highest BCUT2D eigenvalue weighted by atomic mass is 32.2. The van der Waals surface area contributed by atoms with Gasteiger partial charge in [-0.3, -0.25) is 13.8 Å². The van der Waals surface area contributed by atoms with E-state index < -0.39 is 27.3 Å². The van der Waals surface area contributed by atoms with Crippen molar-refractivity contribution in [2.75, 3.05) is 13.1 Å². The Bertz CT molecular complexity index is 326. The summed E-state index contributed by atoms with van der Waals surface area (Å²) in [6.07, 6.45) is 0. The van der Waals surface area contributed by atoms with Gasteiger partial charge in [0.2, 0.25) is 5.91 Å². The zero-order valence-electron chi connectivity index (χ0n) is 11.7. The third kappa shape index (κ3) is 4.08. The first-order valence-corrected chi connectivity index (χ1v) is 7.46. The Morgan fingerprint density at radius 3 is 1.89 bits per heavy atom. The molecular formula is C12H23NO4S. The van der Waals surface area contributed by atoms with Gasteiger partial charge in [0, 0.05) is 23.9 Å². The van der Waals surface area contributed by atoms with Gasteiger partial charge in [-0.15, -0.1) is 0 Å². The van der Waals surface area contributed by atoms with Gasteiger partial charge in [0.25, 0.3) is 0 Å². The second-order valence-electron chi connectivity index (χ2n) is 4.48. The molecule has 5 nitrogen and oxygen atoms in total. The van der Waals surface area contributed by atoms with Crippen LogP contribution in [0.5, 0.6) is 0 Å². The van der Waals surface area contributed by atoms with E-state index >= 15 is 0 Å². The highest BCUT2D eigenvalue weighted by Gasteiger charge is 2.35. The van der Waals surface area contributed by atoms with Crippen LogP contribution in [-0.4, -0.2) is 49.7 Å². The van der Waals surface area contributed by atoms with E-state index in [2.05, 4.69) is 0 Å². The molecule has 3 atom stereocenters. The number of hydrogen-bond acceptors (Lipinski definition) is 3. The molecule has 106 valence electrons. The van der Waals surface area contributed by atoms with Crippen LogP contribution in [-0.2, 0) is 20.4 Å². The Morgan fingerprint density at radius 2 is 1.61 bits per heavy atom. The van der Waals surface area contributed by atoms with Gasteiger partial charge < -0.3 is 10.0 Å². The SMILES string of the molecule is CCN(CC)C(=O)C(C)S(=O)C(C(=O)O)C(C)C. The van der Waals surface area contributed by atoms with Crippen molar-refractivity contribution in [3.05, 3.63) is 0 Å². The average Bonchev–Trinajstić information content (AvgIpc) is 2.28. The van der Waals surface area contributed by atoms with E-state index in [0.717, 1.165) is 0 Å². The molecule has 18 heavy (non-hydrogen) atoms. The van der Waals surface area contributed by atoms with Crippen LogP contribution >= 0.6 is 0 Å². The molecule has 6 heteroatoms. The number of rotatable bonds is 7. The Hall–Kier alpha value is -0.910. The van der Waals surface area contributed by atoms with Crippen molar-refractivity contribution < 1.29 is 18.9 Å². The molecule has 1 N–H and O–H groups in total. The number of aliphatic carboxylic acids is 1. The lowest BCUT2D eigenvalue weighted by Gasteiger charge is -2.25. The van der Waals surface area contributed by atoms with E-state index in [-0.39, 0.29) is 11.8 Å². The van der Waals surface area contributed by atoms with Crippen LogP contribution in [0.4, 0.5) is 0 Å². The van der Waals surface area contributed by atoms with Gasteiger partial charge in [-0.25, -0.2) is 0 Å². The molecule has 0 fully saturated rings. The minimum atomic E-state index is -1.71. The van der Waals surface area contributed by atoms with Gasteiger partial charge in [-0.2, -0.15) is 0 Å². The predicted molar refractivity (Wildman–Crippen MR) is 71.8 cm³/mol. The van der Waals surface area contributed by atoms with Crippen LogP contribution in [0.25, 0.3) is 0 Å². The molecule has 0 aliphatic rings. The molecule has 0 heterocycles. The second-order valence-corrected chi connectivity index (χ2v) is 6.36. The normalized spacial score (nSPS) is 16.1. The van der Waals surface area contributed by atoms with Crippen molar-refractivity contribution in [3.8, 4) is 0 Å². The Balaban J connectivity index is 4.97. The summed E-state index contributed by atoms with van der Waals surface area (Å²) < 4.78 is 12.2. The fourth-order valence-corrected chi connectivity index (χ4v) is 3.29. The van der Waals surface area contributed by atoms with Crippen molar-refractivity contribution >= 4 is 22.7 Å². The van der Waals surface area contributed by atoms with Gasteiger partial charge in [0.1, 0.15) is 10.5 Å². The highest BCUT2D eigenvalue weighted by molar-refractivity contribution is 7.87. The zero-order valence-corrected chi connectivity index (χ0v) is 12.5. The summed E-state index contributed by atoms with van der Waals surface area (Å²) in [5, 5.41) is 7.30. The molecule has 0 spiro atoms. The van der Waals surface area contributed by atoms with Crippen LogP contribution in [0, 0.1) is 5.92 Å². The molecule has 0 aromatic heterocycles. The number of carboxylic acids is 1. The van der Waals surface area contributed by atoms with Gasteiger partial charge >= 0.3 is 5.97 Å². The van der Waals surface area contributed by atoms with Crippen molar-refractivity contribution in [2.24, 2.45) is 5.92 Å². The number of carbonyl (C=O) groups is 2. The number of carboxylic acid groups (broad SMARTS) is 1. The van der Waals surface area contributed by atoms with E-state index in [1.165, 1.54) is 6.92 Å². The topological polar surface area (TPSA) is 74.7 Å². The molecule has 3 unspecified atom stereocenters. The molecule has 0 rings (SSSR count). The third-order valence-electron chi connectivity index (χ3n) is 2.87. The van der Waals surface area contributed by atoms with Crippen LogP contribution < -0.4 is 0 Å². The van der Waals surface area contributed by atoms with Crippen LogP contribution in [0.3, 0.4) is 0 Å². The van der Waals surface area contributed by atoms with E-state index in [9.17, 15) is 13.8 Å². The lowest BCUT2D eigenvalue weighted by atomic mass is 10.1. The second kappa shape index (κ2) is 7.51. The summed E-state index contributed by atoms with van der Waals surface area (Å²) in [7, 11) is -1.71. The summed E-state index contributed by atoms with van der Waals surface area (Å²) in [4.78, 5) is 24.7. The first-order valence-electron chi connectivity index (χ1n) is 6.18. The molecule has 0 aromatic rings. The van der Waals surface area contributed by atoms with E-state index in [0.29, 0.717) is 13.1 Å². The van der Waals surface area contributed by atoms with Gasteiger partial charge in [0.15, 0.2) is 0 Å². The fraction of sp³-hybridized carbons (Fsp3) is 0.833. The Morgan fingerprint density at radius 1 is 1.17 bits per heavy atom. The summed E-state index contributed by atoms with van der Waals surface area (Å²) in [6, 6.07) is 0. The summed E-state index contributed by atoms with van der Waals surface area (Å²) in [5.74, 6) is -1.62. The van der Waals surface area contributed by atoms with Crippen LogP contribution in [0.15, 0.2) is 0 Å². The maximum absolute atomic E-state index is 12.2. The summed E-state index contributed by atoms with van der Waals surface area (Å²) >= 11 is 0. The molecule has 0 bridgehead atoms.